The van der Waals surface area contributed by atoms with Gasteiger partial charge in [0.25, 0.3) is 0 Å². The summed E-state index contributed by atoms with van der Waals surface area (Å²) in [7, 11) is 0. The fourth-order valence-electron chi connectivity index (χ4n) is 4.26. The van der Waals surface area contributed by atoms with Crippen molar-refractivity contribution in [3.8, 4) is 0 Å². The van der Waals surface area contributed by atoms with Crippen LogP contribution in [0.1, 0.15) is 32.3 Å². The van der Waals surface area contributed by atoms with E-state index < -0.39 is 0 Å². The van der Waals surface area contributed by atoms with E-state index in [2.05, 4.69) is 59.3 Å². The Kier molecular flexibility index (Phi) is 5.73. The van der Waals surface area contributed by atoms with E-state index in [0.717, 1.165) is 12.5 Å². The molecular formula is C20H33N3. The monoisotopic (exact) mass is 315 g/mol. The number of rotatable bonds is 7. The largest absolute Gasteiger partial charge is 0.316 e. The van der Waals surface area contributed by atoms with E-state index in [1.165, 1.54) is 64.2 Å². The molecule has 2 aliphatic rings. The molecule has 2 fully saturated rings. The van der Waals surface area contributed by atoms with E-state index in [1.807, 2.05) is 0 Å². The summed E-state index contributed by atoms with van der Waals surface area (Å²) < 4.78 is 0. The first-order valence-corrected chi connectivity index (χ1v) is 9.36. The van der Waals surface area contributed by atoms with Gasteiger partial charge in [0.15, 0.2) is 0 Å². The van der Waals surface area contributed by atoms with Crippen molar-refractivity contribution >= 4 is 0 Å². The third kappa shape index (κ3) is 4.79. The summed E-state index contributed by atoms with van der Waals surface area (Å²) >= 11 is 0. The van der Waals surface area contributed by atoms with Crippen LogP contribution < -0.4 is 5.32 Å². The van der Waals surface area contributed by atoms with E-state index >= 15 is 0 Å². The third-order valence-corrected chi connectivity index (χ3v) is 5.65. The zero-order chi connectivity index (χ0) is 16.1. The van der Waals surface area contributed by atoms with Crippen LogP contribution in [0.15, 0.2) is 30.3 Å². The van der Waals surface area contributed by atoms with Gasteiger partial charge in [-0.2, -0.15) is 0 Å². The van der Waals surface area contributed by atoms with Gasteiger partial charge >= 0.3 is 0 Å². The van der Waals surface area contributed by atoms with Crippen LogP contribution in [-0.2, 0) is 6.54 Å². The predicted octanol–water partition coefficient (Wildman–Crippen LogP) is 2.83. The maximum absolute atomic E-state index is 3.54. The highest BCUT2D eigenvalue weighted by atomic mass is 15.2. The van der Waals surface area contributed by atoms with Crippen molar-refractivity contribution in [2.24, 2.45) is 11.3 Å². The highest BCUT2D eigenvalue weighted by molar-refractivity contribution is 5.14. The molecule has 0 spiro atoms. The average Bonchev–Trinajstić information content (AvgIpc) is 3.17. The molecular weight excluding hydrogens is 282 g/mol. The van der Waals surface area contributed by atoms with Gasteiger partial charge in [-0.3, -0.25) is 4.90 Å². The van der Waals surface area contributed by atoms with Gasteiger partial charge < -0.3 is 10.2 Å². The fourth-order valence-corrected chi connectivity index (χ4v) is 4.26. The van der Waals surface area contributed by atoms with Crippen molar-refractivity contribution in [1.82, 2.24) is 15.1 Å². The minimum Gasteiger partial charge on any atom is -0.316 e. The van der Waals surface area contributed by atoms with E-state index in [-0.39, 0.29) is 0 Å². The number of nitrogens with one attached hydrogen (secondary N) is 1. The normalized spacial score (nSPS) is 28.7. The van der Waals surface area contributed by atoms with Crippen molar-refractivity contribution in [2.45, 2.75) is 33.2 Å². The second-order valence-corrected chi connectivity index (χ2v) is 7.94. The molecule has 2 heterocycles. The second-order valence-electron chi connectivity index (χ2n) is 7.94. The molecule has 2 atom stereocenters. The van der Waals surface area contributed by atoms with E-state index in [0.29, 0.717) is 5.41 Å². The Morgan fingerprint density at radius 2 is 2.13 bits per heavy atom. The third-order valence-electron chi connectivity index (χ3n) is 5.65. The number of hydrogen-bond acceptors (Lipinski definition) is 3. The zero-order valence-corrected chi connectivity index (χ0v) is 14.9. The van der Waals surface area contributed by atoms with E-state index in [4.69, 9.17) is 0 Å². The van der Waals surface area contributed by atoms with Gasteiger partial charge in [-0.15, -0.1) is 0 Å². The minimum absolute atomic E-state index is 0.484. The first-order chi connectivity index (χ1) is 11.2. The molecule has 0 aromatic heterocycles. The first kappa shape index (κ1) is 16.9. The van der Waals surface area contributed by atoms with E-state index in [9.17, 15) is 0 Å². The SMILES string of the molecule is CCN(CC1CCN(Cc2ccccc2)C1)CC1(C)CCNC1. The van der Waals surface area contributed by atoms with Crippen LogP contribution in [0.5, 0.6) is 0 Å². The Hall–Kier alpha value is -0.900. The number of benzene rings is 1. The predicted molar refractivity (Wildman–Crippen MR) is 97.5 cm³/mol. The van der Waals surface area contributed by atoms with Gasteiger partial charge in [0.2, 0.25) is 0 Å². The lowest BCUT2D eigenvalue weighted by molar-refractivity contribution is 0.161. The quantitative estimate of drug-likeness (QED) is 0.835. The number of nitrogens with zero attached hydrogens (tertiary/aromatic N) is 2. The fraction of sp³-hybridized carbons (Fsp3) is 0.700. The highest BCUT2D eigenvalue weighted by Gasteiger charge is 2.32. The zero-order valence-electron chi connectivity index (χ0n) is 14.9. The molecule has 1 N–H and O–H groups in total. The Morgan fingerprint density at radius 3 is 2.83 bits per heavy atom. The number of hydrogen-bond donors (Lipinski definition) is 1. The topological polar surface area (TPSA) is 18.5 Å². The van der Waals surface area contributed by atoms with Crippen LogP contribution in [0.4, 0.5) is 0 Å². The molecule has 0 amide bonds. The van der Waals surface area contributed by atoms with Crippen LogP contribution in [0.25, 0.3) is 0 Å². The molecule has 1 aromatic carbocycles. The summed E-state index contributed by atoms with van der Waals surface area (Å²) in [6.07, 6.45) is 2.69. The van der Waals surface area contributed by atoms with Crippen molar-refractivity contribution in [1.29, 1.82) is 0 Å². The van der Waals surface area contributed by atoms with Crippen LogP contribution >= 0.6 is 0 Å². The van der Waals surface area contributed by atoms with Gasteiger partial charge in [-0.25, -0.2) is 0 Å². The van der Waals surface area contributed by atoms with Crippen LogP contribution in [0, 0.1) is 11.3 Å². The maximum atomic E-state index is 3.54. The van der Waals surface area contributed by atoms with Gasteiger partial charge in [-0.1, -0.05) is 44.2 Å². The van der Waals surface area contributed by atoms with E-state index in [1.54, 1.807) is 0 Å². The molecule has 3 nitrogen and oxygen atoms in total. The van der Waals surface area contributed by atoms with Gasteiger partial charge in [0.05, 0.1) is 0 Å². The Balaban J connectivity index is 1.46. The van der Waals surface area contributed by atoms with Gasteiger partial charge in [-0.05, 0) is 49.4 Å². The molecule has 1 aromatic rings. The lowest BCUT2D eigenvalue weighted by atomic mass is 9.89. The van der Waals surface area contributed by atoms with Crippen LogP contribution in [0.2, 0.25) is 0 Å². The molecule has 0 bridgehead atoms. The first-order valence-electron chi connectivity index (χ1n) is 9.36. The van der Waals surface area contributed by atoms with Crippen molar-refractivity contribution < 1.29 is 0 Å². The molecule has 0 saturated carbocycles. The maximum Gasteiger partial charge on any atom is 0.0233 e. The summed E-state index contributed by atoms with van der Waals surface area (Å²) in [6.45, 7) is 14.5. The summed E-state index contributed by atoms with van der Waals surface area (Å²) in [5.74, 6) is 0.844. The molecule has 0 radical (unpaired) electrons. The minimum atomic E-state index is 0.484. The van der Waals surface area contributed by atoms with Crippen LogP contribution in [-0.4, -0.2) is 55.6 Å². The summed E-state index contributed by atoms with van der Waals surface area (Å²) in [5, 5.41) is 3.54. The smallest absolute Gasteiger partial charge is 0.0233 e. The summed E-state index contributed by atoms with van der Waals surface area (Å²) in [5.41, 5.74) is 1.93. The molecule has 23 heavy (non-hydrogen) atoms. The van der Waals surface area contributed by atoms with Gasteiger partial charge in [0, 0.05) is 32.7 Å². The standard InChI is InChI=1S/C20H33N3/c1-3-22(17-20(2)10-11-21-16-20)14-19-9-12-23(15-19)13-18-7-5-4-6-8-18/h4-8,19,21H,3,9-17H2,1-2H3. The van der Waals surface area contributed by atoms with Gasteiger partial charge in [0.1, 0.15) is 0 Å². The molecule has 3 rings (SSSR count). The highest BCUT2D eigenvalue weighted by Crippen LogP contribution is 2.27. The Bertz CT molecular complexity index is 467. The van der Waals surface area contributed by atoms with Crippen LogP contribution in [0.3, 0.4) is 0 Å². The number of likely N-dealkylation sites (tertiary alicyclic amines) is 1. The Morgan fingerprint density at radius 1 is 1.30 bits per heavy atom. The lowest BCUT2D eigenvalue weighted by Crippen LogP contribution is -2.40. The summed E-state index contributed by atoms with van der Waals surface area (Å²) in [4.78, 5) is 5.33. The lowest BCUT2D eigenvalue weighted by Gasteiger charge is -2.32. The molecule has 0 aliphatic carbocycles. The molecule has 2 unspecified atom stereocenters. The Labute approximate surface area is 142 Å². The van der Waals surface area contributed by atoms with Crippen molar-refractivity contribution in [2.75, 3.05) is 45.8 Å². The average molecular weight is 316 g/mol. The molecule has 2 aliphatic heterocycles. The van der Waals surface area contributed by atoms with Crippen molar-refractivity contribution in [3.63, 3.8) is 0 Å². The second kappa shape index (κ2) is 7.78. The molecule has 3 heteroatoms. The molecule has 128 valence electrons. The summed E-state index contributed by atoms with van der Waals surface area (Å²) in [6, 6.07) is 10.9. The molecule has 2 saturated heterocycles. The van der Waals surface area contributed by atoms with Crippen molar-refractivity contribution in [3.05, 3.63) is 35.9 Å².